The average molecular weight is 475 g/mol. The normalized spacial score (nSPS) is 24.5. The molecule has 0 bridgehead atoms. The molecule has 2 fully saturated rings. The highest BCUT2D eigenvalue weighted by atomic mass is 16.3. The third-order valence-electron chi connectivity index (χ3n) is 8.53. The molecule has 1 aliphatic heterocycles. The molecule has 0 spiro atoms. The van der Waals surface area contributed by atoms with Crippen LogP contribution in [-0.4, -0.2) is 53.5 Å². The summed E-state index contributed by atoms with van der Waals surface area (Å²) in [6, 6.07) is 18.7. The average Bonchev–Trinajstić information content (AvgIpc) is 2.88. The number of hydrogen-bond donors (Lipinski definition) is 1. The number of aromatic hydroxyl groups is 1. The van der Waals surface area contributed by atoms with Crippen molar-refractivity contribution in [3.8, 4) is 5.75 Å². The highest BCUT2D eigenvalue weighted by molar-refractivity contribution is 5.76. The van der Waals surface area contributed by atoms with Gasteiger partial charge in [0.2, 0.25) is 5.91 Å². The number of phenolic OH excluding ortho intramolecular Hbond substituents is 1. The van der Waals surface area contributed by atoms with Crippen LogP contribution in [-0.2, 0) is 16.6 Å². The maximum atomic E-state index is 13.1. The molecule has 35 heavy (non-hydrogen) atoms. The van der Waals surface area contributed by atoms with Gasteiger partial charge in [0, 0.05) is 38.0 Å². The number of piperidine rings is 1. The van der Waals surface area contributed by atoms with Crippen LogP contribution in [0.2, 0.25) is 0 Å². The van der Waals surface area contributed by atoms with E-state index in [9.17, 15) is 9.90 Å². The summed E-state index contributed by atoms with van der Waals surface area (Å²) in [5.74, 6) is 1.16. The number of rotatable bonds is 10. The third-order valence-corrected chi connectivity index (χ3v) is 8.53. The molecule has 3 atom stereocenters. The number of amides is 1. The Morgan fingerprint density at radius 1 is 1.14 bits per heavy atom. The van der Waals surface area contributed by atoms with Crippen molar-refractivity contribution in [1.29, 1.82) is 0 Å². The predicted molar refractivity (Wildman–Crippen MR) is 144 cm³/mol. The molecule has 188 valence electrons. The van der Waals surface area contributed by atoms with Gasteiger partial charge in [0.15, 0.2) is 0 Å². The molecule has 4 rings (SSSR count). The van der Waals surface area contributed by atoms with Crippen LogP contribution in [0.25, 0.3) is 0 Å². The van der Waals surface area contributed by atoms with Gasteiger partial charge >= 0.3 is 0 Å². The van der Waals surface area contributed by atoms with E-state index in [2.05, 4.69) is 47.9 Å². The van der Waals surface area contributed by atoms with E-state index in [0.717, 1.165) is 71.0 Å². The number of unbranched alkanes of at least 4 members (excludes halogenated alkanes) is 2. The van der Waals surface area contributed by atoms with E-state index in [1.54, 1.807) is 6.07 Å². The van der Waals surface area contributed by atoms with Gasteiger partial charge in [-0.3, -0.25) is 9.69 Å². The maximum Gasteiger partial charge on any atom is 0.222 e. The molecule has 2 aliphatic rings. The van der Waals surface area contributed by atoms with Crippen LogP contribution >= 0.6 is 0 Å². The van der Waals surface area contributed by atoms with E-state index in [1.807, 2.05) is 30.2 Å². The standard InChI is InChI=1S/C31H42N2O2/c1-3-20-33-21-19-31(26-14-10-15-29(34)22-26)23-28(18-17-27(31)24-33)32(2)30(35)16-9-5-8-13-25-11-6-4-7-12-25/h3-4,6-7,10-12,14-15,22,27-28,34H,1,5,8-9,13,16-21,23-24H2,2H3/t27-,28+,31+/m1/s1. The minimum absolute atomic E-state index is 0.0174. The molecule has 1 aliphatic carbocycles. The van der Waals surface area contributed by atoms with E-state index in [0.29, 0.717) is 18.1 Å². The number of aryl methyl sites for hydroxylation is 1. The van der Waals surface area contributed by atoms with Crippen molar-refractivity contribution < 1.29 is 9.90 Å². The van der Waals surface area contributed by atoms with Crippen LogP contribution in [0.1, 0.15) is 62.5 Å². The van der Waals surface area contributed by atoms with E-state index < -0.39 is 0 Å². The summed E-state index contributed by atoms with van der Waals surface area (Å²) in [6.07, 6.45) is 11.1. The first-order valence-electron chi connectivity index (χ1n) is 13.4. The number of carbonyl (C=O) groups excluding carboxylic acids is 1. The summed E-state index contributed by atoms with van der Waals surface area (Å²) < 4.78 is 0. The Bertz CT molecular complexity index is 975. The highest BCUT2D eigenvalue weighted by Crippen LogP contribution is 2.50. The van der Waals surface area contributed by atoms with Crippen LogP contribution < -0.4 is 0 Å². The highest BCUT2D eigenvalue weighted by Gasteiger charge is 2.49. The number of carbonyl (C=O) groups is 1. The smallest absolute Gasteiger partial charge is 0.222 e. The second kappa shape index (κ2) is 11.9. The zero-order chi connectivity index (χ0) is 24.7. The molecule has 1 heterocycles. The Kier molecular flexibility index (Phi) is 8.67. The van der Waals surface area contributed by atoms with Crippen molar-refractivity contribution >= 4 is 5.91 Å². The summed E-state index contributed by atoms with van der Waals surface area (Å²) in [5, 5.41) is 10.3. The Hall–Kier alpha value is -2.59. The fourth-order valence-corrected chi connectivity index (χ4v) is 6.49. The van der Waals surface area contributed by atoms with Gasteiger partial charge in [0.25, 0.3) is 0 Å². The number of fused-ring (bicyclic) bond motifs is 1. The zero-order valence-corrected chi connectivity index (χ0v) is 21.4. The maximum absolute atomic E-state index is 13.1. The quantitative estimate of drug-likeness (QED) is 0.342. The molecule has 0 radical (unpaired) electrons. The van der Waals surface area contributed by atoms with E-state index >= 15 is 0 Å². The first-order chi connectivity index (χ1) is 17.0. The predicted octanol–water partition coefficient (Wildman–Crippen LogP) is 5.95. The number of phenols is 1. The summed E-state index contributed by atoms with van der Waals surface area (Å²) in [6.45, 7) is 6.96. The van der Waals surface area contributed by atoms with Crippen molar-refractivity contribution in [3.63, 3.8) is 0 Å². The summed E-state index contributed by atoms with van der Waals surface area (Å²) >= 11 is 0. The lowest BCUT2D eigenvalue weighted by Crippen LogP contribution is -2.56. The van der Waals surface area contributed by atoms with Gasteiger partial charge in [-0.15, -0.1) is 6.58 Å². The first kappa shape index (κ1) is 25.5. The largest absolute Gasteiger partial charge is 0.508 e. The summed E-state index contributed by atoms with van der Waals surface area (Å²) in [7, 11) is 2.01. The van der Waals surface area contributed by atoms with Gasteiger partial charge in [-0.05, 0) is 80.7 Å². The molecular weight excluding hydrogens is 432 g/mol. The molecule has 1 amide bonds. The number of nitrogens with zero attached hydrogens (tertiary/aromatic N) is 2. The van der Waals surface area contributed by atoms with Gasteiger partial charge in [0.1, 0.15) is 5.75 Å². The fourth-order valence-electron chi connectivity index (χ4n) is 6.49. The molecule has 2 aromatic rings. The van der Waals surface area contributed by atoms with Crippen LogP contribution in [0.5, 0.6) is 5.75 Å². The van der Waals surface area contributed by atoms with Gasteiger partial charge in [-0.1, -0.05) is 55.0 Å². The summed E-state index contributed by atoms with van der Waals surface area (Å²) in [4.78, 5) is 17.7. The third kappa shape index (κ3) is 6.16. The second-order valence-electron chi connectivity index (χ2n) is 10.7. The van der Waals surface area contributed by atoms with Crippen molar-refractivity contribution in [1.82, 2.24) is 9.80 Å². The monoisotopic (exact) mass is 474 g/mol. The molecule has 1 saturated heterocycles. The van der Waals surface area contributed by atoms with E-state index in [4.69, 9.17) is 0 Å². The molecule has 0 unspecified atom stereocenters. The van der Waals surface area contributed by atoms with Crippen LogP contribution in [0, 0.1) is 5.92 Å². The molecule has 4 heteroatoms. The van der Waals surface area contributed by atoms with Crippen LogP contribution in [0.15, 0.2) is 67.3 Å². The molecule has 1 saturated carbocycles. The van der Waals surface area contributed by atoms with E-state index in [1.165, 1.54) is 11.1 Å². The molecular formula is C31H42N2O2. The Balaban J connectivity index is 1.36. The van der Waals surface area contributed by atoms with E-state index in [-0.39, 0.29) is 17.4 Å². The number of benzene rings is 2. The van der Waals surface area contributed by atoms with Gasteiger partial charge in [-0.25, -0.2) is 0 Å². The molecule has 4 nitrogen and oxygen atoms in total. The van der Waals surface area contributed by atoms with Crippen molar-refractivity contribution in [2.75, 3.05) is 26.7 Å². The Labute approximate surface area is 211 Å². The minimum atomic E-state index is 0.0174. The Morgan fingerprint density at radius 2 is 1.97 bits per heavy atom. The number of hydrogen-bond acceptors (Lipinski definition) is 3. The molecule has 1 N–H and O–H groups in total. The fraction of sp³-hybridized carbons (Fsp3) is 0.516. The molecule has 0 aromatic heterocycles. The first-order valence-corrected chi connectivity index (χ1v) is 13.4. The lowest BCUT2D eigenvalue weighted by atomic mass is 9.57. The SMILES string of the molecule is C=CCN1CC[C@@]2(c3cccc(O)c3)C[C@@H](N(C)C(=O)CCCCCc3ccccc3)CC[C@@H]2C1. The lowest BCUT2D eigenvalue weighted by Gasteiger charge is -2.54. The summed E-state index contributed by atoms with van der Waals surface area (Å²) in [5.41, 5.74) is 2.64. The zero-order valence-electron chi connectivity index (χ0n) is 21.4. The second-order valence-corrected chi connectivity index (χ2v) is 10.7. The Morgan fingerprint density at radius 3 is 2.74 bits per heavy atom. The van der Waals surface area contributed by atoms with Crippen molar-refractivity contribution in [2.24, 2.45) is 5.92 Å². The van der Waals surface area contributed by atoms with Gasteiger partial charge in [-0.2, -0.15) is 0 Å². The van der Waals surface area contributed by atoms with Gasteiger partial charge < -0.3 is 10.0 Å². The molecule has 2 aromatic carbocycles. The van der Waals surface area contributed by atoms with Gasteiger partial charge in [0.05, 0.1) is 0 Å². The van der Waals surface area contributed by atoms with Crippen LogP contribution in [0.4, 0.5) is 0 Å². The number of likely N-dealkylation sites (tertiary alicyclic amines) is 1. The lowest BCUT2D eigenvalue weighted by molar-refractivity contribution is -0.134. The minimum Gasteiger partial charge on any atom is -0.508 e. The van der Waals surface area contributed by atoms with Crippen molar-refractivity contribution in [3.05, 3.63) is 78.4 Å². The van der Waals surface area contributed by atoms with Crippen molar-refractivity contribution in [2.45, 2.75) is 69.2 Å². The van der Waals surface area contributed by atoms with Crippen LogP contribution in [0.3, 0.4) is 0 Å². The topological polar surface area (TPSA) is 43.8 Å².